The van der Waals surface area contributed by atoms with E-state index < -0.39 is 0 Å². The molecule has 0 bridgehead atoms. The zero-order valence-corrected chi connectivity index (χ0v) is 22.1. The first-order chi connectivity index (χ1) is 13.5. The highest BCUT2D eigenvalue weighted by molar-refractivity contribution is 14.0. The molecule has 9 heteroatoms. The molecule has 2 heterocycles. The summed E-state index contributed by atoms with van der Waals surface area (Å²) in [5.74, 6) is 3.09. The molecule has 0 aliphatic heterocycles. The predicted molar refractivity (Wildman–Crippen MR) is 137 cm³/mol. The standard InChI is InChI=1S/C20H34N6S2.HI/c1-15(2)14-26-18(24-25-20(26)27-5)9-6-10-22-19(21-4)23-13-16(3)12-17-8-7-11-28-17;/h7-8,11,15-16H,6,9-10,12-14H2,1-5H3,(H2,21,22,23);1H. The topological polar surface area (TPSA) is 67.1 Å². The zero-order valence-electron chi connectivity index (χ0n) is 18.1. The quantitative estimate of drug-likeness (QED) is 0.144. The Morgan fingerprint density at radius 1 is 1.28 bits per heavy atom. The Bertz CT molecular complexity index is 715. The Morgan fingerprint density at radius 2 is 2.07 bits per heavy atom. The average molecular weight is 551 g/mol. The Kier molecular flexibility index (Phi) is 12.9. The summed E-state index contributed by atoms with van der Waals surface area (Å²) >= 11 is 3.49. The molecule has 0 saturated carbocycles. The van der Waals surface area contributed by atoms with E-state index in [9.17, 15) is 0 Å². The summed E-state index contributed by atoms with van der Waals surface area (Å²) in [5.41, 5.74) is 0. The second-order valence-corrected chi connectivity index (χ2v) is 9.29. The summed E-state index contributed by atoms with van der Waals surface area (Å²) in [6.07, 6.45) is 5.07. The highest BCUT2D eigenvalue weighted by atomic mass is 127. The average Bonchev–Trinajstić information content (AvgIpc) is 3.30. The molecule has 0 radical (unpaired) electrons. The second kappa shape index (κ2) is 14.2. The minimum atomic E-state index is 0. The summed E-state index contributed by atoms with van der Waals surface area (Å²) in [6.45, 7) is 9.47. The minimum absolute atomic E-state index is 0. The number of aliphatic imine (C=N–C) groups is 1. The number of thioether (sulfide) groups is 1. The smallest absolute Gasteiger partial charge is 0.190 e. The van der Waals surface area contributed by atoms with Crippen LogP contribution in [0.3, 0.4) is 0 Å². The Labute approximate surface area is 200 Å². The molecule has 29 heavy (non-hydrogen) atoms. The van der Waals surface area contributed by atoms with E-state index in [1.165, 1.54) is 4.88 Å². The highest BCUT2D eigenvalue weighted by Crippen LogP contribution is 2.17. The molecule has 1 unspecified atom stereocenters. The van der Waals surface area contributed by atoms with Crippen LogP contribution in [0.2, 0.25) is 0 Å². The van der Waals surface area contributed by atoms with Gasteiger partial charge in [0.05, 0.1) is 0 Å². The second-order valence-electron chi connectivity index (χ2n) is 7.48. The lowest BCUT2D eigenvalue weighted by molar-refractivity contribution is 0.477. The van der Waals surface area contributed by atoms with E-state index in [1.54, 1.807) is 11.8 Å². The van der Waals surface area contributed by atoms with Crippen LogP contribution in [0.4, 0.5) is 0 Å². The normalized spacial score (nSPS) is 12.7. The molecule has 0 saturated heterocycles. The first-order valence-electron chi connectivity index (χ1n) is 9.96. The lowest BCUT2D eigenvalue weighted by atomic mass is 10.1. The maximum absolute atomic E-state index is 4.39. The van der Waals surface area contributed by atoms with Gasteiger partial charge in [0.2, 0.25) is 0 Å². The molecule has 2 rings (SSSR count). The number of halogens is 1. The van der Waals surface area contributed by atoms with E-state index in [2.05, 4.69) is 74.9 Å². The van der Waals surface area contributed by atoms with Gasteiger partial charge in [0.15, 0.2) is 11.1 Å². The van der Waals surface area contributed by atoms with E-state index >= 15 is 0 Å². The molecule has 0 aromatic carbocycles. The molecule has 0 spiro atoms. The highest BCUT2D eigenvalue weighted by Gasteiger charge is 2.12. The van der Waals surface area contributed by atoms with Crippen molar-refractivity contribution in [2.24, 2.45) is 16.8 Å². The van der Waals surface area contributed by atoms with Crippen LogP contribution in [0.5, 0.6) is 0 Å². The number of nitrogens with one attached hydrogen (secondary N) is 2. The number of rotatable bonds is 11. The van der Waals surface area contributed by atoms with Crippen molar-refractivity contribution in [3.05, 3.63) is 28.2 Å². The largest absolute Gasteiger partial charge is 0.356 e. The summed E-state index contributed by atoms with van der Waals surface area (Å²) in [7, 11) is 1.82. The van der Waals surface area contributed by atoms with Gasteiger partial charge in [-0.15, -0.1) is 45.5 Å². The van der Waals surface area contributed by atoms with Crippen molar-refractivity contribution in [2.75, 3.05) is 26.4 Å². The fourth-order valence-electron chi connectivity index (χ4n) is 2.99. The van der Waals surface area contributed by atoms with Crippen LogP contribution < -0.4 is 10.6 Å². The van der Waals surface area contributed by atoms with Gasteiger partial charge in [-0.3, -0.25) is 4.99 Å². The monoisotopic (exact) mass is 550 g/mol. The number of hydrogen-bond donors (Lipinski definition) is 2. The predicted octanol–water partition coefficient (Wildman–Crippen LogP) is 4.31. The van der Waals surface area contributed by atoms with Crippen LogP contribution in [0.15, 0.2) is 27.7 Å². The maximum atomic E-state index is 4.39. The number of thiophene rings is 1. The lowest BCUT2D eigenvalue weighted by Gasteiger charge is -2.16. The van der Waals surface area contributed by atoms with Crippen molar-refractivity contribution in [2.45, 2.75) is 51.7 Å². The van der Waals surface area contributed by atoms with Crippen molar-refractivity contribution < 1.29 is 0 Å². The number of nitrogens with zero attached hydrogens (tertiary/aromatic N) is 4. The summed E-state index contributed by atoms with van der Waals surface area (Å²) < 4.78 is 2.26. The van der Waals surface area contributed by atoms with Crippen LogP contribution in [0.1, 0.15) is 37.9 Å². The molecule has 6 nitrogen and oxygen atoms in total. The van der Waals surface area contributed by atoms with Gasteiger partial charge in [-0.1, -0.05) is 38.6 Å². The van der Waals surface area contributed by atoms with Crippen LogP contribution in [-0.2, 0) is 19.4 Å². The zero-order chi connectivity index (χ0) is 20.4. The van der Waals surface area contributed by atoms with Crippen molar-refractivity contribution in [3.63, 3.8) is 0 Å². The minimum Gasteiger partial charge on any atom is -0.356 e. The Hall–Kier alpha value is -0.810. The Morgan fingerprint density at radius 3 is 2.69 bits per heavy atom. The lowest BCUT2D eigenvalue weighted by Crippen LogP contribution is -2.40. The molecular formula is C20H35IN6S2. The first-order valence-corrected chi connectivity index (χ1v) is 12.1. The van der Waals surface area contributed by atoms with E-state index in [0.29, 0.717) is 11.8 Å². The number of aryl methyl sites for hydroxylation is 1. The Balaban J connectivity index is 0.00000420. The molecule has 2 N–H and O–H groups in total. The van der Waals surface area contributed by atoms with Gasteiger partial charge >= 0.3 is 0 Å². The third kappa shape index (κ3) is 9.25. The SMILES string of the molecule is CN=C(NCCCc1nnc(SC)n1CC(C)C)NCC(C)Cc1cccs1.I. The molecule has 164 valence electrons. The number of hydrogen-bond acceptors (Lipinski definition) is 5. The summed E-state index contributed by atoms with van der Waals surface area (Å²) in [6, 6.07) is 4.32. The number of guanidine groups is 1. The van der Waals surface area contributed by atoms with Gasteiger partial charge in [0, 0.05) is 38.0 Å². The summed E-state index contributed by atoms with van der Waals surface area (Å²) in [5, 5.41) is 18.7. The van der Waals surface area contributed by atoms with Crippen LogP contribution in [0, 0.1) is 11.8 Å². The van der Waals surface area contributed by atoms with E-state index in [1.807, 2.05) is 18.4 Å². The fraction of sp³-hybridized carbons (Fsp3) is 0.650. The summed E-state index contributed by atoms with van der Waals surface area (Å²) in [4.78, 5) is 5.77. The molecular weight excluding hydrogens is 515 g/mol. The van der Waals surface area contributed by atoms with Crippen molar-refractivity contribution >= 4 is 53.0 Å². The van der Waals surface area contributed by atoms with Gasteiger partial charge in [-0.25, -0.2) is 0 Å². The van der Waals surface area contributed by atoms with Gasteiger partial charge in [0.25, 0.3) is 0 Å². The van der Waals surface area contributed by atoms with Crippen LogP contribution >= 0.6 is 47.1 Å². The van der Waals surface area contributed by atoms with Crippen LogP contribution in [0.25, 0.3) is 0 Å². The van der Waals surface area contributed by atoms with Crippen molar-refractivity contribution in [1.82, 2.24) is 25.4 Å². The van der Waals surface area contributed by atoms with Gasteiger partial charge in [-0.05, 0) is 42.4 Å². The fourth-order valence-corrected chi connectivity index (χ4v) is 4.39. The van der Waals surface area contributed by atoms with Crippen molar-refractivity contribution in [3.8, 4) is 0 Å². The molecule has 2 aromatic rings. The third-order valence-corrected chi connectivity index (χ3v) is 5.93. The number of aromatic nitrogens is 3. The van der Waals surface area contributed by atoms with Crippen molar-refractivity contribution in [1.29, 1.82) is 0 Å². The molecule has 0 aliphatic carbocycles. The van der Waals surface area contributed by atoms with Gasteiger partial charge < -0.3 is 15.2 Å². The maximum Gasteiger partial charge on any atom is 0.190 e. The van der Waals surface area contributed by atoms with Gasteiger partial charge in [-0.2, -0.15) is 0 Å². The van der Waals surface area contributed by atoms with E-state index in [4.69, 9.17) is 0 Å². The third-order valence-electron chi connectivity index (χ3n) is 4.36. The van der Waals surface area contributed by atoms with Crippen LogP contribution in [-0.4, -0.2) is 47.1 Å². The van der Waals surface area contributed by atoms with E-state index in [0.717, 1.165) is 55.8 Å². The first kappa shape index (κ1) is 26.2. The molecule has 0 fully saturated rings. The molecule has 0 aliphatic rings. The molecule has 2 aromatic heterocycles. The molecule has 0 amide bonds. The van der Waals surface area contributed by atoms with Gasteiger partial charge in [0.1, 0.15) is 5.82 Å². The van der Waals surface area contributed by atoms with E-state index in [-0.39, 0.29) is 24.0 Å². The molecule has 1 atom stereocenters.